The lowest BCUT2D eigenvalue weighted by Gasteiger charge is -2.22. The van der Waals surface area contributed by atoms with Crippen LogP contribution in [-0.2, 0) is 21.3 Å². The molecule has 0 saturated carbocycles. The molecule has 2 heterocycles. The van der Waals surface area contributed by atoms with Gasteiger partial charge in [-0.2, -0.15) is 0 Å². The van der Waals surface area contributed by atoms with Crippen LogP contribution in [0.5, 0.6) is 0 Å². The van der Waals surface area contributed by atoms with Gasteiger partial charge in [-0.05, 0) is 56.6 Å². The molecule has 1 aromatic carbocycles. The van der Waals surface area contributed by atoms with Crippen molar-refractivity contribution in [3.63, 3.8) is 0 Å². The van der Waals surface area contributed by atoms with Gasteiger partial charge >= 0.3 is 5.97 Å². The SMILES string of the molecule is COC(=O)c1ccc(CNS(=O)(=O)C(CCN2CCCC2)c2ccccc2)nc1. The predicted octanol–water partition coefficient (Wildman–Crippen LogP) is 2.51. The Morgan fingerprint density at radius 2 is 1.90 bits per heavy atom. The Morgan fingerprint density at radius 1 is 1.17 bits per heavy atom. The lowest BCUT2D eigenvalue weighted by Crippen LogP contribution is -2.32. The number of methoxy groups -OCH3 is 1. The predicted molar refractivity (Wildman–Crippen MR) is 111 cm³/mol. The Bertz CT molecular complexity index is 895. The number of aromatic nitrogens is 1. The van der Waals surface area contributed by atoms with Gasteiger partial charge in [0, 0.05) is 6.20 Å². The summed E-state index contributed by atoms with van der Waals surface area (Å²) in [4.78, 5) is 18.0. The van der Waals surface area contributed by atoms with Gasteiger partial charge in [-0.1, -0.05) is 30.3 Å². The number of nitrogens with one attached hydrogen (secondary N) is 1. The first-order valence-electron chi connectivity index (χ1n) is 9.78. The Morgan fingerprint density at radius 3 is 2.52 bits per heavy atom. The van der Waals surface area contributed by atoms with E-state index in [9.17, 15) is 13.2 Å². The smallest absolute Gasteiger partial charge is 0.339 e. The minimum absolute atomic E-state index is 0.0663. The quantitative estimate of drug-likeness (QED) is 0.631. The summed E-state index contributed by atoms with van der Waals surface area (Å²) < 4.78 is 33.5. The summed E-state index contributed by atoms with van der Waals surface area (Å²) in [6.07, 6.45) is 4.27. The highest BCUT2D eigenvalue weighted by Gasteiger charge is 2.28. The number of hydrogen-bond donors (Lipinski definition) is 1. The van der Waals surface area contributed by atoms with Gasteiger partial charge in [0.25, 0.3) is 0 Å². The fourth-order valence-corrected chi connectivity index (χ4v) is 5.00. The summed E-state index contributed by atoms with van der Waals surface area (Å²) in [6.45, 7) is 2.89. The molecule has 3 rings (SSSR count). The van der Waals surface area contributed by atoms with Crippen molar-refractivity contribution in [2.24, 2.45) is 0 Å². The van der Waals surface area contributed by atoms with E-state index in [0.29, 0.717) is 17.7 Å². The Labute approximate surface area is 172 Å². The molecule has 0 aliphatic carbocycles. The minimum Gasteiger partial charge on any atom is -0.465 e. The summed E-state index contributed by atoms with van der Waals surface area (Å²) in [5.41, 5.74) is 1.65. The summed E-state index contributed by atoms with van der Waals surface area (Å²) in [6, 6.07) is 12.5. The van der Waals surface area contributed by atoms with Crippen molar-refractivity contribution in [3.05, 3.63) is 65.5 Å². The van der Waals surface area contributed by atoms with Crippen molar-refractivity contribution in [3.8, 4) is 0 Å². The van der Waals surface area contributed by atoms with Crippen LogP contribution in [0.15, 0.2) is 48.7 Å². The molecule has 0 radical (unpaired) electrons. The number of sulfonamides is 1. The summed E-state index contributed by atoms with van der Waals surface area (Å²) in [7, 11) is -2.30. The van der Waals surface area contributed by atoms with Crippen LogP contribution in [0.1, 0.15) is 46.1 Å². The van der Waals surface area contributed by atoms with Crippen LogP contribution in [-0.4, -0.2) is 51.0 Å². The summed E-state index contributed by atoms with van der Waals surface area (Å²) >= 11 is 0. The molecule has 1 fully saturated rings. The standard InChI is InChI=1S/C21H27N3O4S/c1-28-21(25)18-9-10-19(22-15-18)16-23-29(26,27)20(17-7-3-2-4-8-17)11-14-24-12-5-6-13-24/h2-4,7-10,15,20,23H,5-6,11-14,16H2,1H3. The van der Waals surface area contributed by atoms with Crippen molar-refractivity contribution in [1.29, 1.82) is 0 Å². The van der Waals surface area contributed by atoms with Gasteiger partial charge in [-0.3, -0.25) is 4.98 Å². The highest BCUT2D eigenvalue weighted by atomic mass is 32.2. The molecule has 1 aromatic heterocycles. The average Bonchev–Trinajstić information content (AvgIpc) is 3.26. The molecule has 1 saturated heterocycles. The van der Waals surface area contributed by atoms with E-state index >= 15 is 0 Å². The average molecular weight is 418 g/mol. The number of ether oxygens (including phenoxy) is 1. The zero-order valence-electron chi connectivity index (χ0n) is 16.6. The van der Waals surface area contributed by atoms with Crippen LogP contribution in [0, 0.1) is 0 Å². The topological polar surface area (TPSA) is 88.6 Å². The number of pyridine rings is 1. The van der Waals surface area contributed by atoms with Crippen LogP contribution >= 0.6 is 0 Å². The second kappa shape index (κ2) is 9.96. The minimum atomic E-state index is -3.60. The molecule has 1 aliphatic heterocycles. The number of hydrogen-bond acceptors (Lipinski definition) is 6. The van der Waals surface area contributed by atoms with Gasteiger partial charge in [-0.15, -0.1) is 0 Å². The molecule has 1 atom stereocenters. The molecule has 7 nitrogen and oxygen atoms in total. The molecule has 29 heavy (non-hydrogen) atoms. The normalized spacial score (nSPS) is 15.9. The fraction of sp³-hybridized carbons (Fsp3) is 0.429. The maximum Gasteiger partial charge on any atom is 0.339 e. The van der Waals surface area contributed by atoms with Crippen LogP contribution in [0.25, 0.3) is 0 Å². The number of carbonyl (C=O) groups is 1. The molecular weight excluding hydrogens is 390 g/mol. The highest BCUT2D eigenvalue weighted by Crippen LogP contribution is 2.26. The van der Waals surface area contributed by atoms with Crippen molar-refractivity contribution >= 4 is 16.0 Å². The van der Waals surface area contributed by atoms with Gasteiger partial charge in [0.2, 0.25) is 10.0 Å². The lowest BCUT2D eigenvalue weighted by atomic mass is 10.1. The first kappa shape index (κ1) is 21.4. The van der Waals surface area contributed by atoms with E-state index in [-0.39, 0.29) is 6.54 Å². The van der Waals surface area contributed by atoms with E-state index in [4.69, 9.17) is 0 Å². The molecule has 1 N–H and O–H groups in total. The highest BCUT2D eigenvalue weighted by molar-refractivity contribution is 7.89. The Kier molecular flexibility index (Phi) is 7.35. The van der Waals surface area contributed by atoms with Crippen molar-refractivity contribution in [2.45, 2.75) is 31.1 Å². The van der Waals surface area contributed by atoms with Gasteiger partial charge in [0.15, 0.2) is 0 Å². The summed E-state index contributed by atoms with van der Waals surface area (Å²) in [5, 5.41) is -0.626. The fourth-order valence-electron chi connectivity index (χ4n) is 3.52. The molecule has 1 unspecified atom stereocenters. The van der Waals surface area contributed by atoms with Crippen molar-refractivity contribution in [2.75, 3.05) is 26.7 Å². The number of nitrogens with zero attached hydrogens (tertiary/aromatic N) is 2. The van der Waals surface area contributed by atoms with E-state index in [1.165, 1.54) is 26.1 Å². The van der Waals surface area contributed by atoms with Gasteiger partial charge in [-0.25, -0.2) is 17.9 Å². The number of benzene rings is 1. The monoisotopic (exact) mass is 417 g/mol. The zero-order valence-corrected chi connectivity index (χ0v) is 17.4. The molecule has 0 spiro atoms. The molecule has 1 aliphatic rings. The van der Waals surface area contributed by atoms with Crippen molar-refractivity contribution < 1.29 is 17.9 Å². The number of carbonyl (C=O) groups excluding carboxylic acids is 1. The maximum absolute atomic E-state index is 13.1. The molecule has 8 heteroatoms. The second-order valence-electron chi connectivity index (χ2n) is 7.13. The van der Waals surface area contributed by atoms with Crippen LogP contribution in [0.3, 0.4) is 0 Å². The lowest BCUT2D eigenvalue weighted by molar-refractivity contribution is 0.0600. The van der Waals surface area contributed by atoms with E-state index in [2.05, 4.69) is 19.3 Å². The third-order valence-electron chi connectivity index (χ3n) is 5.15. The second-order valence-corrected chi connectivity index (χ2v) is 9.08. The van der Waals surface area contributed by atoms with Gasteiger partial charge in [0.05, 0.1) is 24.9 Å². The van der Waals surface area contributed by atoms with Crippen LogP contribution in [0.2, 0.25) is 0 Å². The van der Waals surface area contributed by atoms with Crippen LogP contribution < -0.4 is 4.72 Å². The maximum atomic E-state index is 13.1. The third-order valence-corrected chi connectivity index (χ3v) is 6.96. The van der Waals surface area contributed by atoms with E-state index in [1.807, 2.05) is 30.3 Å². The molecule has 0 bridgehead atoms. The van der Waals surface area contributed by atoms with E-state index < -0.39 is 21.2 Å². The third kappa shape index (κ3) is 5.85. The Balaban J connectivity index is 1.69. The number of rotatable bonds is 9. The van der Waals surface area contributed by atoms with Gasteiger partial charge < -0.3 is 9.64 Å². The number of likely N-dealkylation sites (tertiary alicyclic amines) is 1. The van der Waals surface area contributed by atoms with Crippen LogP contribution in [0.4, 0.5) is 0 Å². The largest absolute Gasteiger partial charge is 0.465 e. The van der Waals surface area contributed by atoms with E-state index in [0.717, 1.165) is 25.2 Å². The zero-order chi connectivity index (χ0) is 20.7. The van der Waals surface area contributed by atoms with E-state index in [1.54, 1.807) is 12.1 Å². The first-order valence-corrected chi connectivity index (χ1v) is 11.3. The molecule has 156 valence electrons. The molecular formula is C21H27N3O4S. The number of esters is 1. The van der Waals surface area contributed by atoms with Crippen molar-refractivity contribution in [1.82, 2.24) is 14.6 Å². The molecule has 2 aromatic rings. The van der Waals surface area contributed by atoms with Gasteiger partial charge in [0.1, 0.15) is 5.25 Å². The first-order chi connectivity index (χ1) is 14.0. The molecule has 0 amide bonds. The summed E-state index contributed by atoms with van der Waals surface area (Å²) in [5.74, 6) is -0.476. The Hall–Kier alpha value is -2.29.